The number of hydrogen-bond acceptors (Lipinski definition) is 1. The van der Waals surface area contributed by atoms with Crippen LogP contribution in [0.4, 0.5) is 0 Å². The van der Waals surface area contributed by atoms with Crippen molar-refractivity contribution in [2.24, 2.45) is 17.3 Å². The molecule has 0 aliphatic heterocycles. The minimum Gasteiger partial charge on any atom is -0.314 e. The van der Waals surface area contributed by atoms with Gasteiger partial charge in [0.25, 0.3) is 0 Å². The van der Waals surface area contributed by atoms with Crippen LogP contribution in [-0.4, -0.2) is 12.6 Å². The van der Waals surface area contributed by atoms with Crippen molar-refractivity contribution in [3.05, 3.63) is 0 Å². The van der Waals surface area contributed by atoms with Crippen molar-refractivity contribution in [1.29, 1.82) is 0 Å². The monoisotopic (exact) mass is 263 g/mol. The van der Waals surface area contributed by atoms with Crippen LogP contribution in [0.25, 0.3) is 0 Å². The normalized spacial score (nSPS) is 28.1. The number of terminal acetylenes is 1. The van der Waals surface area contributed by atoms with E-state index in [0.717, 1.165) is 24.8 Å². The lowest BCUT2D eigenvalue weighted by Crippen LogP contribution is -2.47. The van der Waals surface area contributed by atoms with Gasteiger partial charge >= 0.3 is 0 Å². The molecule has 19 heavy (non-hydrogen) atoms. The molecule has 0 aromatic carbocycles. The van der Waals surface area contributed by atoms with Crippen molar-refractivity contribution >= 4 is 0 Å². The molecule has 1 saturated carbocycles. The second-order valence-corrected chi connectivity index (χ2v) is 7.13. The summed E-state index contributed by atoms with van der Waals surface area (Å²) in [6.45, 7) is 10.7. The van der Waals surface area contributed by atoms with Crippen molar-refractivity contribution in [2.75, 3.05) is 6.54 Å². The van der Waals surface area contributed by atoms with Gasteiger partial charge in [-0.2, -0.15) is 0 Å². The Balaban J connectivity index is 2.61. The Morgan fingerprint density at radius 2 is 2.05 bits per heavy atom. The molecule has 0 spiro atoms. The Bertz CT molecular complexity index is 287. The molecule has 1 heteroatoms. The van der Waals surface area contributed by atoms with Gasteiger partial charge in [0.15, 0.2) is 0 Å². The summed E-state index contributed by atoms with van der Waals surface area (Å²) in [7, 11) is 0. The molecule has 110 valence electrons. The van der Waals surface area contributed by atoms with Gasteiger partial charge < -0.3 is 5.32 Å². The van der Waals surface area contributed by atoms with Gasteiger partial charge in [-0.05, 0) is 55.9 Å². The van der Waals surface area contributed by atoms with Gasteiger partial charge in [0.05, 0.1) is 0 Å². The lowest BCUT2D eigenvalue weighted by Gasteiger charge is -2.45. The summed E-state index contributed by atoms with van der Waals surface area (Å²) < 4.78 is 0. The summed E-state index contributed by atoms with van der Waals surface area (Å²) in [5.41, 5.74) is 0.419. The quantitative estimate of drug-likeness (QED) is 0.522. The van der Waals surface area contributed by atoms with Crippen molar-refractivity contribution in [1.82, 2.24) is 5.32 Å². The number of rotatable bonds is 7. The highest BCUT2D eigenvalue weighted by molar-refractivity contribution is 4.93. The molecular weight excluding hydrogens is 230 g/mol. The lowest BCUT2D eigenvalue weighted by molar-refractivity contribution is 0.0853. The van der Waals surface area contributed by atoms with Gasteiger partial charge in [-0.15, -0.1) is 12.3 Å². The van der Waals surface area contributed by atoms with Crippen LogP contribution in [0.15, 0.2) is 0 Å². The van der Waals surface area contributed by atoms with Crippen LogP contribution >= 0.6 is 0 Å². The van der Waals surface area contributed by atoms with Gasteiger partial charge in [0, 0.05) is 12.5 Å². The number of nitrogens with one attached hydrogen (secondary N) is 1. The Morgan fingerprint density at radius 1 is 1.32 bits per heavy atom. The van der Waals surface area contributed by atoms with Crippen LogP contribution in [0.2, 0.25) is 0 Å². The van der Waals surface area contributed by atoms with E-state index in [1.54, 1.807) is 0 Å². The maximum absolute atomic E-state index is 5.39. The lowest BCUT2D eigenvalue weighted by atomic mass is 9.64. The topological polar surface area (TPSA) is 12.0 Å². The molecule has 0 radical (unpaired) electrons. The Morgan fingerprint density at radius 3 is 2.68 bits per heavy atom. The van der Waals surface area contributed by atoms with E-state index in [1.807, 2.05) is 0 Å². The minimum atomic E-state index is 0.419. The molecule has 3 unspecified atom stereocenters. The average molecular weight is 263 g/mol. The van der Waals surface area contributed by atoms with Crippen LogP contribution in [0.1, 0.15) is 72.6 Å². The smallest absolute Gasteiger partial charge is 0.0103 e. The third-order valence-electron chi connectivity index (χ3n) is 4.92. The summed E-state index contributed by atoms with van der Waals surface area (Å²) >= 11 is 0. The molecule has 0 bridgehead atoms. The zero-order chi connectivity index (χ0) is 14.3. The zero-order valence-corrected chi connectivity index (χ0v) is 13.5. The molecule has 1 nitrogen and oxygen atoms in total. The second-order valence-electron chi connectivity index (χ2n) is 7.13. The van der Waals surface area contributed by atoms with Crippen LogP contribution in [0.3, 0.4) is 0 Å². The molecule has 1 aliphatic carbocycles. The second kappa shape index (κ2) is 7.95. The number of hydrogen-bond donors (Lipinski definition) is 1. The van der Waals surface area contributed by atoms with Gasteiger partial charge in [-0.1, -0.05) is 34.1 Å². The highest BCUT2D eigenvalue weighted by atomic mass is 14.9. The van der Waals surface area contributed by atoms with Gasteiger partial charge in [0.2, 0.25) is 0 Å². The van der Waals surface area contributed by atoms with Crippen molar-refractivity contribution in [3.63, 3.8) is 0 Å². The maximum Gasteiger partial charge on any atom is 0.0103 e. The van der Waals surface area contributed by atoms with E-state index < -0.39 is 0 Å². The van der Waals surface area contributed by atoms with Crippen LogP contribution in [0.5, 0.6) is 0 Å². The van der Waals surface area contributed by atoms with E-state index in [2.05, 4.69) is 38.9 Å². The molecule has 0 heterocycles. The first-order valence-electron chi connectivity index (χ1n) is 8.18. The minimum absolute atomic E-state index is 0.419. The van der Waals surface area contributed by atoms with Crippen molar-refractivity contribution in [3.8, 4) is 12.3 Å². The largest absolute Gasteiger partial charge is 0.314 e. The standard InChI is InChI=1S/C18H33N/c1-6-8-9-12-18(4,5)16-11-10-15(3)14-17(16)19-13-7-2/h1,15-17,19H,7-14H2,2-5H3. The summed E-state index contributed by atoms with van der Waals surface area (Å²) in [5.74, 6) is 4.47. The first kappa shape index (κ1) is 16.6. The zero-order valence-electron chi connectivity index (χ0n) is 13.5. The Labute approximate surface area is 120 Å². The molecule has 0 aromatic heterocycles. The van der Waals surface area contributed by atoms with E-state index in [9.17, 15) is 0 Å². The SMILES string of the molecule is C#CCCCC(C)(C)C1CCC(C)CC1NCCC. The first-order chi connectivity index (χ1) is 9.01. The van der Waals surface area contributed by atoms with Crippen molar-refractivity contribution < 1.29 is 0 Å². The van der Waals surface area contributed by atoms with E-state index >= 15 is 0 Å². The molecule has 0 aromatic rings. The van der Waals surface area contributed by atoms with Crippen LogP contribution in [-0.2, 0) is 0 Å². The predicted molar refractivity (Wildman–Crippen MR) is 85.1 cm³/mol. The van der Waals surface area contributed by atoms with Crippen molar-refractivity contribution in [2.45, 2.75) is 78.7 Å². The molecular formula is C18H33N. The van der Waals surface area contributed by atoms with Gasteiger partial charge in [-0.25, -0.2) is 0 Å². The van der Waals surface area contributed by atoms with Gasteiger partial charge in [-0.3, -0.25) is 0 Å². The van der Waals surface area contributed by atoms with E-state index in [4.69, 9.17) is 6.42 Å². The summed E-state index contributed by atoms with van der Waals surface area (Å²) in [6.07, 6.45) is 14.1. The molecule has 3 atom stereocenters. The molecule has 0 amide bonds. The molecule has 0 saturated heterocycles. The molecule has 1 fully saturated rings. The van der Waals surface area contributed by atoms with Gasteiger partial charge in [0.1, 0.15) is 0 Å². The Kier molecular flexibility index (Phi) is 6.94. The maximum atomic E-state index is 5.39. The molecule has 1 N–H and O–H groups in total. The molecule has 1 rings (SSSR count). The third-order valence-corrected chi connectivity index (χ3v) is 4.92. The highest BCUT2D eigenvalue weighted by Crippen LogP contribution is 2.43. The van der Waals surface area contributed by atoms with Crippen LogP contribution < -0.4 is 5.32 Å². The van der Waals surface area contributed by atoms with E-state index in [0.29, 0.717) is 11.5 Å². The predicted octanol–water partition coefficient (Wildman–Crippen LogP) is 4.62. The average Bonchev–Trinajstić information content (AvgIpc) is 2.36. The fourth-order valence-electron chi connectivity index (χ4n) is 3.70. The first-order valence-corrected chi connectivity index (χ1v) is 8.18. The Hall–Kier alpha value is -0.480. The summed E-state index contributed by atoms with van der Waals surface area (Å²) in [6, 6.07) is 0.713. The third kappa shape index (κ3) is 5.19. The van der Waals surface area contributed by atoms with E-state index in [-0.39, 0.29) is 0 Å². The van der Waals surface area contributed by atoms with E-state index in [1.165, 1.54) is 38.5 Å². The molecule has 1 aliphatic rings. The van der Waals surface area contributed by atoms with Crippen LogP contribution in [0, 0.1) is 29.6 Å². The fraction of sp³-hybridized carbons (Fsp3) is 0.889. The number of unbranched alkanes of at least 4 members (excludes halogenated alkanes) is 1. The fourth-order valence-corrected chi connectivity index (χ4v) is 3.70. The summed E-state index contributed by atoms with van der Waals surface area (Å²) in [5, 5.41) is 3.81. The summed E-state index contributed by atoms with van der Waals surface area (Å²) in [4.78, 5) is 0. The highest BCUT2D eigenvalue weighted by Gasteiger charge is 2.38.